The Bertz CT molecular complexity index is 764. The van der Waals surface area contributed by atoms with E-state index >= 15 is 0 Å². The lowest BCUT2D eigenvalue weighted by Gasteiger charge is -2.49. The number of hydrogen-bond donors (Lipinski definition) is 1. The molecule has 2 atom stereocenters. The molecule has 1 N–H and O–H groups in total. The van der Waals surface area contributed by atoms with Crippen molar-refractivity contribution >= 4 is 17.2 Å². The monoisotopic (exact) mass is 401 g/mol. The topological polar surface area (TPSA) is 65.4 Å². The maximum Gasteiger partial charge on any atom is 0.234 e. The van der Waals surface area contributed by atoms with E-state index in [1.54, 1.807) is 4.88 Å². The Balaban J connectivity index is 1.32. The fourth-order valence-corrected chi connectivity index (χ4v) is 6.41. The smallest absolute Gasteiger partial charge is 0.234 e. The van der Waals surface area contributed by atoms with Crippen molar-refractivity contribution in [2.75, 3.05) is 19.7 Å². The van der Waals surface area contributed by atoms with Crippen LogP contribution in [0.25, 0.3) is 0 Å². The number of thiophene rings is 1. The van der Waals surface area contributed by atoms with E-state index in [0.29, 0.717) is 12.0 Å². The van der Waals surface area contributed by atoms with Crippen LogP contribution in [0.15, 0.2) is 6.07 Å². The molecule has 1 aliphatic carbocycles. The number of nitrogens with one attached hydrogen (secondary N) is 1. The molecule has 2 fully saturated rings. The van der Waals surface area contributed by atoms with Crippen LogP contribution in [0.4, 0.5) is 0 Å². The van der Waals surface area contributed by atoms with Gasteiger partial charge in [0.2, 0.25) is 5.91 Å². The second-order valence-corrected chi connectivity index (χ2v) is 9.95. The summed E-state index contributed by atoms with van der Waals surface area (Å²) < 4.78 is 6.44. The highest BCUT2D eigenvalue weighted by Gasteiger charge is 2.45. The van der Waals surface area contributed by atoms with Crippen molar-refractivity contribution in [1.29, 1.82) is 5.26 Å². The van der Waals surface area contributed by atoms with E-state index in [0.717, 1.165) is 58.2 Å². The predicted octanol–water partition coefficient (Wildman–Crippen LogP) is 3.37. The van der Waals surface area contributed by atoms with Crippen LogP contribution in [0.1, 0.15) is 61.3 Å². The maximum atomic E-state index is 11.5. The minimum Gasteiger partial charge on any atom is -0.370 e. The van der Waals surface area contributed by atoms with Gasteiger partial charge < -0.3 is 15.0 Å². The van der Waals surface area contributed by atoms with Crippen LogP contribution in [-0.2, 0) is 28.0 Å². The number of rotatable bonds is 5. The summed E-state index contributed by atoms with van der Waals surface area (Å²) in [6, 6.07) is 5.11. The van der Waals surface area contributed by atoms with Crippen molar-refractivity contribution in [3.8, 4) is 6.07 Å². The molecule has 1 amide bonds. The molecule has 0 bridgehead atoms. The number of likely N-dealkylation sites (tertiary alicyclic amines) is 1. The molecule has 3 aliphatic rings. The normalized spacial score (nSPS) is 32.4. The first kappa shape index (κ1) is 19.9. The summed E-state index contributed by atoms with van der Waals surface area (Å²) in [6.45, 7) is 7.63. The van der Waals surface area contributed by atoms with E-state index in [2.05, 4.69) is 30.1 Å². The van der Waals surface area contributed by atoms with Crippen LogP contribution in [0.2, 0.25) is 0 Å². The van der Waals surface area contributed by atoms with Crippen molar-refractivity contribution in [3.63, 3.8) is 0 Å². The zero-order valence-corrected chi connectivity index (χ0v) is 17.8. The second kappa shape index (κ2) is 8.14. The number of fused-ring (bicyclic) bond motifs is 2. The van der Waals surface area contributed by atoms with Crippen molar-refractivity contribution in [1.82, 2.24) is 10.2 Å². The molecule has 1 saturated heterocycles. The van der Waals surface area contributed by atoms with Gasteiger partial charge in [0.1, 0.15) is 6.42 Å². The number of ether oxygens (including phenoxy) is 1. The van der Waals surface area contributed by atoms with E-state index in [1.165, 1.54) is 10.4 Å². The minimum absolute atomic E-state index is 0.0310. The molecular formula is C22H31N3O2S. The molecular weight excluding hydrogens is 370 g/mol. The third-order valence-electron chi connectivity index (χ3n) is 6.79. The molecule has 0 aromatic carbocycles. The Kier molecular flexibility index (Phi) is 5.78. The molecule has 4 rings (SSSR count). The van der Waals surface area contributed by atoms with Crippen LogP contribution in [0.5, 0.6) is 0 Å². The van der Waals surface area contributed by atoms with Crippen molar-refractivity contribution in [2.45, 2.75) is 76.5 Å². The van der Waals surface area contributed by atoms with Gasteiger partial charge in [-0.25, -0.2) is 0 Å². The van der Waals surface area contributed by atoms with Gasteiger partial charge in [0.25, 0.3) is 0 Å². The standard InChI is InChI=1S/C22H31N3O2S/c1-3-18-12-19-20(28-18)5-9-27-22(19)6-8-25(15(2)13-22)14-16-10-17(11-16)24-21(26)4-7-23/h12,15-17H,3-6,8-11,13-14H2,1-2H3,(H,24,26)/t15-,16-,17+,22+/m0/s1. The van der Waals surface area contributed by atoms with Gasteiger partial charge in [-0.15, -0.1) is 11.3 Å². The summed E-state index contributed by atoms with van der Waals surface area (Å²) in [5.41, 5.74) is 1.41. The van der Waals surface area contributed by atoms with Gasteiger partial charge in [0.05, 0.1) is 18.3 Å². The largest absolute Gasteiger partial charge is 0.370 e. The molecule has 5 nitrogen and oxygen atoms in total. The Hall–Kier alpha value is -1.42. The number of carbonyl (C=O) groups is 1. The highest BCUT2D eigenvalue weighted by atomic mass is 32.1. The van der Waals surface area contributed by atoms with Crippen LogP contribution in [-0.4, -0.2) is 42.6 Å². The minimum atomic E-state index is -0.133. The number of amides is 1. The van der Waals surface area contributed by atoms with Gasteiger partial charge in [-0.3, -0.25) is 4.79 Å². The molecule has 1 aromatic rings. The lowest BCUT2D eigenvalue weighted by Crippen LogP contribution is -2.54. The molecule has 6 heteroatoms. The summed E-state index contributed by atoms with van der Waals surface area (Å²) in [4.78, 5) is 17.2. The number of nitriles is 1. The zero-order chi connectivity index (χ0) is 19.7. The first-order valence-electron chi connectivity index (χ1n) is 10.7. The fraction of sp³-hybridized carbons (Fsp3) is 0.727. The highest BCUT2D eigenvalue weighted by molar-refractivity contribution is 7.12. The molecule has 1 saturated carbocycles. The Morgan fingerprint density at radius 3 is 3.04 bits per heavy atom. The summed E-state index contributed by atoms with van der Waals surface area (Å²) in [6.07, 6.45) is 6.39. The van der Waals surface area contributed by atoms with Crippen LogP contribution in [0.3, 0.4) is 0 Å². The molecule has 2 aliphatic heterocycles. The van der Waals surface area contributed by atoms with Crippen LogP contribution >= 0.6 is 11.3 Å². The first-order chi connectivity index (χ1) is 13.5. The van der Waals surface area contributed by atoms with Crippen LogP contribution in [0, 0.1) is 17.2 Å². The van der Waals surface area contributed by atoms with Gasteiger partial charge in [-0.1, -0.05) is 6.92 Å². The van der Waals surface area contributed by atoms with E-state index in [9.17, 15) is 4.79 Å². The van der Waals surface area contributed by atoms with E-state index in [-0.39, 0.29) is 24.0 Å². The van der Waals surface area contributed by atoms with Crippen molar-refractivity contribution in [2.24, 2.45) is 5.92 Å². The van der Waals surface area contributed by atoms with E-state index < -0.39 is 0 Å². The third kappa shape index (κ3) is 3.85. The van der Waals surface area contributed by atoms with Crippen LogP contribution < -0.4 is 5.32 Å². The number of nitrogens with zero attached hydrogens (tertiary/aromatic N) is 2. The summed E-state index contributed by atoms with van der Waals surface area (Å²) in [5.74, 6) is 0.520. The summed E-state index contributed by atoms with van der Waals surface area (Å²) in [7, 11) is 0. The molecule has 0 unspecified atom stereocenters. The number of piperidine rings is 1. The summed E-state index contributed by atoms with van der Waals surface area (Å²) in [5, 5.41) is 11.6. The average molecular weight is 402 g/mol. The zero-order valence-electron chi connectivity index (χ0n) is 17.0. The number of aryl methyl sites for hydroxylation is 1. The number of hydrogen-bond acceptors (Lipinski definition) is 5. The summed E-state index contributed by atoms with van der Waals surface area (Å²) >= 11 is 1.99. The molecule has 3 heterocycles. The quantitative estimate of drug-likeness (QED) is 0.822. The molecule has 1 aromatic heterocycles. The third-order valence-corrected chi connectivity index (χ3v) is 8.13. The average Bonchev–Trinajstić information content (AvgIpc) is 3.07. The van der Waals surface area contributed by atoms with E-state index in [4.69, 9.17) is 10.00 Å². The van der Waals surface area contributed by atoms with Crippen molar-refractivity contribution in [3.05, 3.63) is 21.4 Å². The molecule has 1 spiro atoms. The van der Waals surface area contributed by atoms with Gasteiger partial charge in [0, 0.05) is 41.3 Å². The number of carbonyl (C=O) groups excluding carboxylic acids is 1. The lowest BCUT2D eigenvalue weighted by molar-refractivity contribution is -0.122. The highest BCUT2D eigenvalue weighted by Crippen LogP contribution is 2.46. The Morgan fingerprint density at radius 1 is 1.50 bits per heavy atom. The van der Waals surface area contributed by atoms with Gasteiger partial charge in [0.15, 0.2) is 0 Å². The van der Waals surface area contributed by atoms with E-state index in [1.807, 2.05) is 17.4 Å². The van der Waals surface area contributed by atoms with Gasteiger partial charge in [-0.05, 0) is 56.6 Å². The molecule has 28 heavy (non-hydrogen) atoms. The Morgan fingerprint density at radius 2 is 2.32 bits per heavy atom. The van der Waals surface area contributed by atoms with Crippen molar-refractivity contribution < 1.29 is 9.53 Å². The maximum absolute atomic E-state index is 11.5. The fourth-order valence-electron chi connectivity index (χ4n) is 5.23. The van der Waals surface area contributed by atoms with Gasteiger partial charge in [-0.2, -0.15) is 5.26 Å². The Labute approximate surface area is 172 Å². The molecule has 0 radical (unpaired) electrons. The first-order valence-corrected chi connectivity index (χ1v) is 11.5. The predicted molar refractivity (Wildman–Crippen MR) is 110 cm³/mol. The lowest BCUT2D eigenvalue weighted by atomic mass is 9.76. The second-order valence-electron chi connectivity index (χ2n) is 8.73. The SMILES string of the molecule is CCc1cc2c(s1)CCO[C@@]21CCN(C[C@H]2C[C@@H](NC(=O)CC#N)C2)[C@@H](C)C1. The van der Waals surface area contributed by atoms with Gasteiger partial charge >= 0.3 is 0 Å². The molecule has 152 valence electrons.